The maximum atomic E-state index is 11.2. The fraction of sp³-hybridized carbons (Fsp3) is 0.333. The van der Waals surface area contributed by atoms with Crippen molar-refractivity contribution in [2.24, 2.45) is 5.73 Å². The molecule has 1 aromatic rings. The Morgan fingerprint density at radius 2 is 2.47 bits per heavy atom. The van der Waals surface area contributed by atoms with Crippen molar-refractivity contribution in [2.75, 3.05) is 20.3 Å². The second-order valence-electron chi connectivity index (χ2n) is 2.55. The van der Waals surface area contributed by atoms with E-state index >= 15 is 0 Å². The third-order valence-corrected chi connectivity index (χ3v) is 2.53. The van der Waals surface area contributed by atoms with Crippen molar-refractivity contribution < 1.29 is 14.3 Å². The summed E-state index contributed by atoms with van der Waals surface area (Å²) in [7, 11) is 1.27. The van der Waals surface area contributed by atoms with Gasteiger partial charge in [-0.1, -0.05) is 11.3 Å². The van der Waals surface area contributed by atoms with E-state index in [0.29, 0.717) is 18.2 Å². The van der Waals surface area contributed by atoms with E-state index in [1.165, 1.54) is 13.2 Å². The summed E-state index contributed by atoms with van der Waals surface area (Å²) in [6, 6.07) is 3.40. The second kappa shape index (κ2) is 5.34. The molecule has 0 aliphatic heterocycles. The van der Waals surface area contributed by atoms with Crippen LogP contribution in [-0.2, 0) is 4.74 Å². The van der Waals surface area contributed by atoms with Crippen LogP contribution in [0.3, 0.4) is 0 Å². The summed E-state index contributed by atoms with van der Waals surface area (Å²) >= 11 is 1.10. The zero-order chi connectivity index (χ0) is 11.3. The fourth-order valence-electron chi connectivity index (χ4n) is 0.944. The van der Waals surface area contributed by atoms with Gasteiger partial charge in [0, 0.05) is 12.6 Å². The molecule has 0 aliphatic carbocycles. The number of hydrogen-bond acceptors (Lipinski definition) is 6. The summed E-state index contributed by atoms with van der Waals surface area (Å²) in [6.07, 6.45) is 0. The van der Waals surface area contributed by atoms with Crippen molar-refractivity contribution in [2.45, 2.75) is 0 Å². The molecule has 1 heterocycles. The maximum absolute atomic E-state index is 11.2. The predicted molar refractivity (Wildman–Crippen MR) is 54.9 cm³/mol. The molecule has 80 valence electrons. The van der Waals surface area contributed by atoms with Crippen LogP contribution < -0.4 is 10.5 Å². The van der Waals surface area contributed by atoms with Crippen LogP contribution in [0.15, 0.2) is 6.07 Å². The lowest BCUT2D eigenvalue weighted by Crippen LogP contribution is -2.09. The number of nitriles is 1. The number of carbonyl (C=O) groups excluding carboxylic acids is 1. The van der Waals surface area contributed by atoms with Gasteiger partial charge in [0.15, 0.2) is 5.06 Å². The van der Waals surface area contributed by atoms with Gasteiger partial charge in [-0.05, 0) is 0 Å². The Kier molecular flexibility index (Phi) is 4.09. The maximum Gasteiger partial charge on any atom is 0.340 e. The number of carbonyl (C=O) groups is 1. The predicted octanol–water partition coefficient (Wildman–Crippen LogP) is 0.744. The van der Waals surface area contributed by atoms with Gasteiger partial charge in [-0.3, -0.25) is 0 Å². The van der Waals surface area contributed by atoms with Crippen molar-refractivity contribution in [1.82, 2.24) is 0 Å². The third-order valence-electron chi connectivity index (χ3n) is 1.58. The lowest BCUT2D eigenvalue weighted by molar-refractivity contribution is 0.0600. The Labute approximate surface area is 91.0 Å². The Morgan fingerprint density at radius 1 is 1.73 bits per heavy atom. The van der Waals surface area contributed by atoms with Crippen LogP contribution in [0.4, 0.5) is 0 Å². The van der Waals surface area contributed by atoms with E-state index in [4.69, 9.17) is 15.7 Å². The van der Waals surface area contributed by atoms with Crippen LogP contribution in [0, 0.1) is 11.3 Å². The molecule has 0 saturated heterocycles. The summed E-state index contributed by atoms with van der Waals surface area (Å²) in [6.45, 7) is 0.735. The average molecular weight is 226 g/mol. The second-order valence-corrected chi connectivity index (χ2v) is 3.56. The van der Waals surface area contributed by atoms with Crippen LogP contribution >= 0.6 is 11.3 Å². The number of thiophene rings is 1. The molecule has 0 saturated carbocycles. The van der Waals surface area contributed by atoms with Crippen LogP contribution in [0.2, 0.25) is 0 Å². The molecule has 0 bridgehead atoms. The first-order valence-electron chi connectivity index (χ1n) is 4.18. The Bertz CT molecular complexity index is 395. The van der Waals surface area contributed by atoms with Crippen molar-refractivity contribution in [1.29, 1.82) is 5.26 Å². The van der Waals surface area contributed by atoms with Crippen molar-refractivity contribution >= 4 is 17.3 Å². The van der Waals surface area contributed by atoms with E-state index in [1.807, 2.05) is 6.07 Å². The summed E-state index contributed by atoms with van der Waals surface area (Å²) in [5.74, 6) is -0.537. The number of hydrogen-bond donors (Lipinski definition) is 1. The van der Waals surface area contributed by atoms with Gasteiger partial charge in [-0.15, -0.1) is 0 Å². The summed E-state index contributed by atoms with van der Waals surface area (Å²) < 4.78 is 9.74. The van der Waals surface area contributed by atoms with Gasteiger partial charge in [0.25, 0.3) is 0 Å². The Balaban J connectivity index is 2.91. The minimum atomic E-state index is -0.537. The summed E-state index contributed by atoms with van der Waals surface area (Å²) in [5, 5.41) is 9.27. The Morgan fingerprint density at radius 3 is 3.00 bits per heavy atom. The SMILES string of the molecule is COC(=O)c1cc(OCCN)sc1C#N. The minimum absolute atomic E-state index is 0.233. The number of methoxy groups -OCH3 is 1. The highest BCUT2D eigenvalue weighted by Gasteiger charge is 2.16. The molecule has 0 spiro atoms. The van der Waals surface area contributed by atoms with Gasteiger partial charge >= 0.3 is 5.97 Å². The number of ether oxygens (including phenoxy) is 2. The van der Waals surface area contributed by atoms with Gasteiger partial charge in [0.2, 0.25) is 0 Å². The van der Waals surface area contributed by atoms with Crippen molar-refractivity contribution in [3.63, 3.8) is 0 Å². The normalized spacial score (nSPS) is 9.40. The standard InChI is InChI=1S/C9H10N2O3S/c1-13-9(12)6-4-8(14-3-2-10)15-7(6)5-11/h4H,2-3,10H2,1H3. The van der Waals surface area contributed by atoms with Gasteiger partial charge in [0.05, 0.1) is 12.7 Å². The van der Waals surface area contributed by atoms with Gasteiger partial charge in [-0.2, -0.15) is 5.26 Å². The molecule has 0 aromatic carbocycles. The van der Waals surface area contributed by atoms with Crippen LogP contribution in [0.25, 0.3) is 0 Å². The number of nitrogens with two attached hydrogens (primary N) is 1. The highest BCUT2D eigenvalue weighted by Crippen LogP contribution is 2.29. The minimum Gasteiger partial charge on any atom is -0.483 e. The molecule has 6 heteroatoms. The van der Waals surface area contributed by atoms with Crippen molar-refractivity contribution in [3.8, 4) is 11.1 Å². The van der Waals surface area contributed by atoms with E-state index in [-0.39, 0.29) is 10.4 Å². The third kappa shape index (κ3) is 2.68. The first kappa shape index (κ1) is 11.5. The van der Waals surface area contributed by atoms with Gasteiger partial charge in [-0.25, -0.2) is 4.79 Å². The van der Waals surface area contributed by atoms with Crippen molar-refractivity contribution in [3.05, 3.63) is 16.5 Å². The van der Waals surface area contributed by atoms with E-state index in [9.17, 15) is 4.79 Å². The number of esters is 1. The smallest absolute Gasteiger partial charge is 0.340 e. The molecule has 0 aliphatic rings. The number of nitrogens with zero attached hydrogens (tertiary/aromatic N) is 1. The van der Waals surface area contributed by atoms with Crippen LogP contribution in [-0.4, -0.2) is 26.2 Å². The topological polar surface area (TPSA) is 85.3 Å². The summed E-state index contributed by atoms with van der Waals surface area (Å²) in [4.78, 5) is 11.5. The molecule has 0 radical (unpaired) electrons. The highest BCUT2D eigenvalue weighted by molar-refractivity contribution is 7.14. The zero-order valence-corrected chi connectivity index (χ0v) is 8.97. The van der Waals surface area contributed by atoms with Crippen LogP contribution in [0.5, 0.6) is 5.06 Å². The Hall–Kier alpha value is -1.58. The van der Waals surface area contributed by atoms with E-state index in [2.05, 4.69) is 4.74 Å². The van der Waals surface area contributed by atoms with E-state index < -0.39 is 5.97 Å². The molecular formula is C9H10N2O3S. The first-order chi connectivity index (χ1) is 7.22. The molecule has 5 nitrogen and oxygen atoms in total. The fourth-order valence-corrected chi connectivity index (χ4v) is 1.76. The average Bonchev–Trinajstić information content (AvgIpc) is 2.68. The molecule has 0 unspecified atom stereocenters. The van der Waals surface area contributed by atoms with E-state index in [1.54, 1.807) is 0 Å². The molecule has 0 atom stereocenters. The molecule has 1 rings (SSSR count). The molecule has 0 amide bonds. The van der Waals surface area contributed by atoms with Gasteiger partial charge in [0.1, 0.15) is 17.6 Å². The molecule has 2 N–H and O–H groups in total. The monoisotopic (exact) mass is 226 g/mol. The first-order valence-corrected chi connectivity index (χ1v) is 4.99. The lowest BCUT2D eigenvalue weighted by atomic mass is 10.3. The highest BCUT2D eigenvalue weighted by atomic mass is 32.1. The lowest BCUT2D eigenvalue weighted by Gasteiger charge is -1.98. The largest absolute Gasteiger partial charge is 0.483 e. The molecule has 1 aromatic heterocycles. The van der Waals surface area contributed by atoms with Gasteiger partial charge < -0.3 is 15.2 Å². The molecule has 0 fully saturated rings. The van der Waals surface area contributed by atoms with E-state index in [0.717, 1.165) is 11.3 Å². The summed E-state index contributed by atoms with van der Waals surface area (Å²) in [5.41, 5.74) is 5.50. The molecular weight excluding hydrogens is 216 g/mol. The van der Waals surface area contributed by atoms with Crippen LogP contribution in [0.1, 0.15) is 15.2 Å². The number of rotatable bonds is 4. The molecule has 15 heavy (non-hydrogen) atoms. The quantitative estimate of drug-likeness (QED) is 0.765. The zero-order valence-electron chi connectivity index (χ0n) is 8.15.